The third kappa shape index (κ3) is 13.2. The van der Waals surface area contributed by atoms with Crippen molar-refractivity contribution in [2.45, 2.75) is 116 Å². The van der Waals surface area contributed by atoms with E-state index in [0.717, 1.165) is 43.5 Å². The third-order valence-electron chi connectivity index (χ3n) is 9.73. The van der Waals surface area contributed by atoms with E-state index in [1.54, 1.807) is 6.92 Å². The third-order valence-corrected chi connectivity index (χ3v) is 9.73. The van der Waals surface area contributed by atoms with Crippen molar-refractivity contribution in [2.75, 3.05) is 26.2 Å². The first-order valence-corrected chi connectivity index (χ1v) is 19.0. The van der Waals surface area contributed by atoms with Gasteiger partial charge in [-0.05, 0) is 81.5 Å². The summed E-state index contributed by atoms with van der Waals surface area (Å²) in [7, 11) is 0. The van der Waals surface area contributed by atoms with Crippen molar-refractivity contribution in [1.82, 2.24) is 26.2 Å². The summed E-state index contributed by atoms with van der Waals surface area (Å²) in [5.74, 6) is -1.71. The lowest BCUT2D eigenvalue weighted by Gasteiger charge is -2.29. The predicted octanol–water partition coefficient (Wildman–Crippen LogP) is 3.74. The van der Waals surface area contributed by atoms with E-state index in [1.807, 2.05) is 88.4 Å². The van der Waals surface area contributed by atoms with Crippen LogP contribution in [0.5, 0.6) is 0 Å². The van der Waals surface area contributed by atoms with Gasteiger partial charge >= 0.3 is 0 Å². The molecule has 2 aliphatic rings. The minimum atomic E-state index is -1.02. The number of Topliss-reactive ketones (excluding diaryl/α,β-unsaturated/α-hetero) is 1. The Morgan fingerprint density at radius 1 is 0.673 bits per heavy atom. The van der Waals surface area contributed by atoms with Crippen LogP contribution in [0.4, 0.5) is 0 Å². The summed E-state index contributed by atoms with van der Waals surface area (Å²) >= 11 is 0. The second-order valence-electron chi connectivity index (χ2n) is 15.5. The maximum atomic E-state index is 14.1. The van der Waals surface area contributed by atoms with Crippen LogP contribution in [0.1, 0.15) is 84.3 Å². The van der Waals surface area contributed by atoms with Gasteiger partial charge in [0.15, 0.2) is 5.78 Å². The van der Waals surface area contributed by atoms with Crippen molar-refractivity contribution < 1.29 is 28.7 Å². The summed E-state index contributed by atoms with van der Waals surface area (Å²) in [4.78, 5) is 70.7. The van der Waals surface area contributed by atoms with E-state index >= 15 is 0 Å². The summed E-state index contributed by atoms with van der Waals surface area (Å²) in [6.45, 7) is 11.8. The molecule has 284 valence electrons. The van der Waals surface area contributed by atoms with Gasteiger partial charge in [-0.2, -0.15) is 0 Å². The first-order valence-electron chi connectivity index (χ1n) is 19.0. The van der Waals surface area contributed by atoms with Gasteiger partial charge in [-0.3, -0.25) is 28.9 Å². The second-order valence-corrected chi connectivity index (χ2v) is 15.5. The number of amides is 4. The molecule has 2 aromatic carbocycles. The molecule has 0 saturated carbocycles. The monoisotopic (exact) mass is 717 g/mol. The highest BCUT2D eigenvalue weighted by molar-refractivity contribution is 5.98. The van der Waals surface area contributed by atoms with Gasteiger partial charge in [0.1, 0.15) is 23.7 Å². The molecule has 0 bridgehead atoms. The topological polar surface area (TPSA) is 149 Å². The van der Waals surface area contributed by atoms with E-state index in [0.29, 0.717) is 32.3 Å². The van der Waals surface area contributed by atoms with Crippen molar-refractivity contribution in [3.63, 3.8) is 0 Å². The molecule has 2 unspecified atom stereocenters. The number of nitrogens with one attached hydrogen (secondary N) is 4. The lowest BCUT2D eigenvalue weighted by Crippen LogP contribution is -2.59. The number of piperidine rings is 1. The van der Waals surface area contributed by atoms with Gasteiger partial charge in [-0.1, -0.05) is 94.8 Å². The van der Waals surface area contributed by atoms with Crippen LogP contribution in [0.15, 0.2) is 60.7 Å². The first-order chi connectivity index (χ1) is 24.8. The summed E-state index contributed by atoms with van der Waals surface area (Å²) in [6.07, 6.45) is 5.08. The highest BCUT2D eigenvalue weighted by Crippen LogP contribution is 2.29. The number of ketones is 1. The van der Waals surface area contributed by atoms with Crippen LogP contribution >= 0.6 is 0 Å². The number of epoxide rings is 1. The van der Waals surface area contributed by atoms with Crippen LogP contribution < -0.4 is 21.3 Å². The van der Waals surface area contributed by atoms with Crippen LogP contribution in [0.25, 0.3) is 0 Å². The maximum Gasteiger partial charge on any atom is 0.243 e. The van der Waals surface area contributed by atoms with Crippen LogP contribution in [-0.4, -0.2) is 90.3 Å². The van der Waals surface area contributed by atoms with Crippen LogP contribution in [0, 0.1) is 11.8 Å². The van der Waals surface area contributed by atoms with Crippen molar-refractivity contribution in [2.24, 2.45) is 11.8 Å². The molecule has 2 aromatic rings. The average Bonchev–Trinajstić information content (AvgIpc) is 3.87. The zero-order chi connectivity index (χ0) is 37.7. The van der Waals surface area contributed by atoms with Gasteiger partial charge < -0.3 is 26.0 Å². The number of ether oxygens (including phenoxy) is 1. The number of carbonyl (C=O) groups excluding carboxylic acids is 5. The fourth-order valence-corrected chi connectivity index (χ4v) is 6.69. The molecule has 2 aliphatic heterocycles. The molecular formula is C41H59N5O6. The molecule has 2 heterocycles. The highest BCUT2D eigenvalue weighted by atomic mass is 16.6. The molecule has 0 aliphatic carbocycles. The van der Waals surface area contributed by atoms with Gasteiger partial charge in [0.2, 0.25) is 23.6 Å². The van der Waals surface area contributed by atoms with E-state index in [1.165, 1.54) is 0 Å². The van der Waals surface area contributed by atoms with Crippen molar-refractivity contribution in [3.8, 4) is 0 Å². The molecule has 5 atom stereocenters. The normalized spacial score (nSPS) is 19.6. The summed E-state index contributed by atoms with van der Waals surface area (Å²) < 4.78 is 5.41. The minimum Gasteiger partial charge on any atom is -0.361 e. The molecule has 4 N–H and O–H groups in total. The number of hydrogen-bond donors (Lipinski definition) is 4. The van der Waals surface area contributed by atoms with E-state index in [-0.39, 0.29) is 36.5 Å². The van der Waals surface area contributed by atoms with Crippen molar-refractivity contribution >= 4 is 29.4 Å². The second kappa shape index (κ2) is 19.7. The molecule has 0 aromatic heterocycles. The van der Waals surface area contributed by atoms with E-state index < -0.39 is 47.5 Å². The average molecular weight is 718 g/mol. The van der Waals surface area contributed by atoms with Crippen molar-refractivity contribution in [1.29, 1.82) is 0 Å². The van der Waals surface area contributed by atoms with E-state index in [9.17, 15) is 24.0 Å². The van der Waals surface area contributed by atoms with E-state index in [4.69, 9.17) is 4.74 Å². The summed E-state index contributed by atoms with van der Waals surface area (Å²) in [5, 5.41) is 11.7. The first kappa shape index (κ1) is 40.7. The number of aryl methyl sites for hydroxylation is 1. The zero-order valence-corrected chi connectivity index (χ0v) is 31.6. The SMILES string of the molecule is CC(C)CC(NC(=O)[C@H](CCc1ccccc1)NC(=O)CN1CCCCC1)C(=O)N[C@@H](Cc1ccccc1)C(=O)NC(CC(C)C)C(=O)[C@@]1(C)CO1. The number of nitrogens with zero attached hydrogens (tertiary/aromatic N) is 1. The molecule has 11 nitrogen and oxygen atoms in total. The number of likely N-dealkylation sites (tertiary alicyclic amines) is 1. The maximum absolute atomic E-state index is 14.1. The number of carbonyl (C=O) groups is 5. The summed E-state index contributed by atoms with van der Waals surface area (Å²) in [6, 6.07) is 15.5. The van der Waals surface area contributed by atoms with Gasteiger partial charge in [0.25, 0.3) is 0 Å². The lowest BCUT2D eigenvalue weighted by atomic mass is 9.93. The Balaban J connectivity index is 1.51. The van der Waals surface area contributed by atoms with Crippen molar-refractivity contribution in [3.05, 3.63) is 71.8 Å². The predicted molar refractivity (Wildman–Crippen MR) is 201 cm³/mol. The highest BCUT2D eigenvalue weighted by Gasteiger charge is 2.50. The fraction of sp³-hybridized carbons (Fsp3) is 0.585. The molecule has 2 saturated heterocycles. The quantitative estimate of drug-likeness (QED) is 0.153. The van der Waals surface area contributed by atoms with Crippen LogP contribution in [0.2, 0.25) is 0 Å². The Morgan fingerprint density at radius 3 is 1.75 bits per heavy atom. The largest absolute Gasteiger partial charge is 0.361 e. The van der Waals surface area contributed by atoms with Gasteiger partial charge in [0.05, 0.1) is 19.2 Å². The molecule has 2 fully saturated rings. The Morgan fingerprint density at radius 2 is 1.17 bits per heavy atom. The Hall–Kier alpha value is -4.09. The van der Waals surface area contributed by atoms with Crippen LogP contribution in [0.3, 0.4) is 0 Å². The Kier molecular flexibility index (Phi) is 15.4. The lowest BCUT2D eigenvalue weighted by molar-refractivity contribution is -0.135. The molecule has 11 heteroatoms. The Labute approximate surface area is 309 Å². The van der Waals surface area contributed by atoms with Gasteiger partial charge in [-0.15, -0.1) is 0 Å². The molecule has 52 heavy (non-hydrogen) atoms. The number of rotatable bonds is 20. The molecule has 0 radical (unpaired) electrons. The number of hydrogen-bond acceptors (Lipinski definition) is 7. The van der Waals surface area contributed by atoms with Crippen LogP contribution in [-0.2, 0) is 41.6 Å². The molecule has 0 spiro atoms. The number of benzene rings is 2. The molecule has 4 rings (SSSR count). The van der Waals surface area contributed by atoms with Gasteiger partial charge in [-0.25, -0.2) is 0 Å². The summed E-state index contributed by atoms with van der Waals surface area (Å²) in [5.41, 5.74) is 0.945. The van der Waals surface area contributed by atoms with E-state index in [2.05, 4.69) is 26.2 Å². The zero-order valence-electron chi connectivity index (χ0n) is 31.6. The standard InChI is InChI=1S/C41H59N5O6/c1-28(2)23-33(37(48)41(5)27-52-41)43-40(51)35(25-31-17-11-7-12-18-31)45-39(50)34(24-29(3)4)44-38(49)32(20-19-30-15-9-6-10-16-30)42-36(47)26-46-21-13-8-14-22-46/h6-7,9-12,15-18,28-29,32-35H,8,13-14,19-27H2,1-5H3,(H,42,47)(H,43,51)(H,44,49)(H,45,50)/t32-,33?,34?,35-,41+/m0/s1. The molecule has 4 amide bonds. The smallest absolute Gasteiger partial charge is 0.243 e. The van der Waals surface area contributed by atoms with Gasteiger partial charge in [0, 0.05) is 6.42 Å². The fourth-order valence-electron chi connectivity index (χ4n) is 6.69. The molecular weight excluding hydrogens is 658 g/mol. The Bertz CT molecular complexity index is 1470. The minimum absolute atomic E-state index is 0.0289.